The number of nitrogens with one attached hydrogen (secondary N) is 2. The lowest BCUT2D eigenvalue weighted by Gasteiger charge is -2.31. The van der Waals surface area contributed by atoms with Crippen LogP contribution in [0.1, 0.15) is 41.6 Å². The van der Waals surface area contributed by atoms with Crippen molar-refractivity contribution < 1.29 is 9.59 Å². The summed E-state index contributed by atoms with van der Waals surface area (Å²) in [7, 11) is 0. The molecular formula is C23H29N5O2S. The molecule has 4 rings (SSSR count). The number of hydrogen-bond acceptors (Lipinski definition) is 5. The molecule has 2 aromatic heterocycles. The molecule has 1 aliphatic rings. The molecule has 7 nitrogen and oxygen atoms in total. The van der Waals surface area contributed by atoms with E-state index >= 15 is 0 Å². The Morgan fingerprint density at radius 2 is 1.94 bits per heavy atom. The molecule has 2 amide bonds. The number of nitrogens with zero attached hydrogens (tertiary/aromatic N) is 3. The fraction of sp³-hybridized carbons (Fsp3) is 0.435. The number of carbonyl (C=O) groups is 2. The lowest BCUT2D eigenvalue weighted by molar-refractivity contribution is -0.122. The van der Waals surface area contributed by atoms with E-state index in [1.165, 1.54) is 11.3 Å². The SMILES string of the molecule is CCCNC(=O)CN1CCC(NC(=O)c2cc3c(C)nn(-c4ccccc4)c3s2)CC1. The maximum absolute atomic E-state index is 12.9. The number of carbonyl (C=O) groups excluding carboxylic acids is 2. The van der Waals surface area contributed by atoms with Crippen LogP contribution >= 0.6 is 11.3 Å². The van der Waals surface area contributed by atoms with Crippen LogP contribution in [0, 0.1) is 6.92 Å². The molecule has 0 spiro atoms. The van der Waals surface area contributed by atoms with Crippen LogP contribution in [0.4, 0.5) is 0 Å². The summed E-state index contributed by atoms with van der Waals surface area (Å²) in [6.07, 6.45) is 2.66. The predicted octanol–water partition coefficient (Wildman–Crippen LogP) is 3.12. The van der Waals surface area contributed by atoms with Crippen LogP contribution in [-0.4, -0.2) is 58.7 Å². The Kier molecular flexibility index (Phi) is 6.67. The third-order valence-corrected chi connectivity index (χ3v) is 6.74. The first-order valence-corrected chi connectivity index (χ1v) is 11.7. The third kappa shape index (κ3) is 4.97. The molecule has 2 N–H and O–H groups in total. The van der Waals surface area contributed by atoms with Crippen LogP contribution < -0.4 is 10.6 Å². The Morgan fingerprint density at radius 3 is 2.65 bits per heavy atom. The summed E-state index contributed by atoms with van der Waals surface area (Å²) in [6, 6.07) is 12.1. The molecule has 3 heterocycles. The Bertz CT molecular complexity index is 1050. The molecule has 31 heavy (non-hydrogen) atoms. The van der Waals surface area contributed by atoms with Gasteiger partial charge in [-0.2, -0.15) is 5.10 Å². The van der Waals surface area contributed by atoms with Crippen LogP contribution in [0.3, 0.4) is 0 Å². The molecule has 1 aromatic carbocycles. The second-order valence-electron chi connectivity index (χ2n) is 8.04. The fourth-order valence-corrected chi connectivity index (χ4v) is 5.00. The second kappa shape index (κ2) is 9.62. The number of hydrogen-bond donors (Lipinski definition) is 2. The number of rotatable bonds is 7. The topological polar surface area (TPSA) is 79.3 Å². The number of aromatic nitrogens is 2. The van der Waals surface area contributed by atoms with Crippen molar-refractivity contribution in [1.82, 2.24) is 25.3 Å². The van der Waals surface area contributed by atoms with Gasteiger partial charge in [-0.15, -0.1) is 11.3 Å². The van der Waals surface area contributed by atoms with Gasteiger partial charge in [0.15, 0.2) is 0 Å². The molecule has 164 valence electrons. The van der Waals surface area contributed by atoms with Gasteiger partial charge >= 0.3 is 0 Å². The molecule has 0 unspecified atom stereocenters. The Hall–Kier alpha value is -2.71. The summed E-state index contributed by atoms with van der Waals surface area (Å²) in [6.45, 7) is 6.82. The highest BCUT2D eigenvalue weighted by molar-refractivity contribution is 7.20. The summed E-state index contributed by atoms with van der Waals surface area (Å²) in [5.74, 6) is 0.0526. The van der Waals surface area contributed by atoms with Gasteiger partial charge in [0.25, 0.3) is 5.91 Å². The first-order valence-electron chi connectivity index (χ1n) is 10.9. The number of thiophene rings is 1. The number of piperidine rings is 1. The highest BCUT2D eigenvalue weighted by atomic mass is 32.1. The minimum atomic E-state index is -0.0284. The number of fused-ring (bicyclic) bond motifs is 1. The minimum Gasteiger partial charge on any atom is -0.355 e. The second-order valence-corrected chi connectivity index (χ2v) is 9.07. The van der Waals surface area contributed by atoms with Gasteiger partial charge in [-0.3, -0.25) is 14.5 Å². The summed E-state index contributed by atoms with van der Waals surface area (Å²) >= 11 is 1.48. The summed E-state index contributed by atoms with van der Waals surface area (Å²) in [5, 5.41) is 11.8. The summed E-state index contributed by atoms with van der Waals surface area (Å²) < 4.78 is 1.91. The predicted molar refractivity (Wildman–Crippen MR) is 124 cm³/mol. The first-order chi connectivity index (χ1) is 15.0. The van der Waals surface area contributed by atoms with E-state index in [9.17, 15) is 9.59 Å². The smallest absolute Gasteiger partial charge is 0.261 e. The molecule has 0 bridgehead atoms. The summed E-state index contributed by atoms with van der Waals surface area (Å²) in [4.78, 5) is 28.7. The lowest BCUT2D eigenvalue weighted by Crippen LogP contribution is -2.47. The van der Waals surface area contributed by atoms with Crippen LogP contribution in [0.5, 0.6) is 0 Å². The van der Waals surface area contributed by atoms with Crippen molar-refractivity contribution in [3.05, 3.63) is 47.0 Å². The van der Waals surface area contributed by atoms with Gasteiger partial charge in [0.2, 0.25) is 5.91 Å². The molecule has 0 saturated carbocycles. The standard InChI is InChI=1S/C23H29N5O2S/c1-3-11-24-21(29)15-27-12-9-17(10-13-27)25-22(30)20-14-19-16(2)26-28(23(19)31-20)18-7-5-4-6-8-18/h4-8,14,17H,3,9-13,15H2,1-2H3,(H,24,29)(H,25,30). The van der Waals surface area contributed by atoms with E-state index in [0.717, 1.165) is 60.5 Å². The monoisotopic (exact) mass is 439 g/mol. The molecule has 0 radical (unpaired) electrons. The number of para-hydroxylation sites is 1. The van der Waals surface area contributed by atoms with Crippen molar-refractivity contribution in [2.24, 2.45) is 0 Å². The molecule has 1 fully saturated rings. The average Bonchev–Trinajstić information content (AvgIpc) is 3.35. The van der Waals surface area contributed by atoms with E-state index in [-0.39, 0.29) is 17.9 Å². The molecule has 1 saturated heterocycles. The van der Waals surface area contributed by atoms with E-state index in [1.807, 2.05) is 54.9 Å². The maximum atomic E-state index is 12.9. The number of aryl methyl sites for hydroxylation is 1. The van der Waals surface area contributed by atoms with E-state index < -0.39 is 0 Å². The average molecular weight is 440 g/mol. The Morgan fingerprint density at radius 1 is 1.19 bits per heavy atom. The minimum absolute atomic E-state index is 0.0284. The van der Waals surface area contributed by atoms with Gasteiger partial charge in [0.05, 0.1) is 22.8 Å². The van der Waals surface area contributed by atoms with Crippen LogP contribution in [0.15, 0.2) is 36.4 Å². The van der Waals surface area contributed by atoms with Crippen LogP contribution in [0.25, 0.3) is 15.9 Å². The first kappa shape index (κ1) is 21.5. The van der Waals surface area contributed by atoms with Crippen molar-refractivity contribution in [1.29, 1.82) is 0 Å². The third-order valence-electron chi connectivity index (χ3n) is 5.63. The molecule has 1 aliphatic heterocycles. The molecule has 3 aromatic rings. The number of likely N-dealkylation sites (tertiary alicyclic amines) is 1. The van der Waals surface area contributed by atoms with Gasteiger partial charge in [0.1, 0.15) is 4.83 Å². The van der Waals surface area contributed by atoms with Gasteiger partial charge in [0, 0.05) is 31.1 Å². The molecule has 8 heteroatoms. The van der Waals surface area contributed by atoms with Crippen molar-refractivity contribution in [2.45, 2.75) is 39.2 Å². The van der Waals surface area contributed by atoms with E-state index in [2.05, 4.69) is 20.6 Å². The zero-order valence-corrected chi connectivity index (χ0v) is 18.9. The van der Waals surface area contributed by atoms with Gasteiger partial charge in [-0.25, -0.2) is 4.68 Å². The fourth-order valence-electron chi connectivity index (χ4n) is 3.92. The highest BCUT2D eigenvalue weighted by Crippen LogP contribution is 2.30. The quantitative estimate of drug-likeness (QED) is 0.593. The van der Waals surface area contributed by atoms with Crippen molar-refractivity contribution >= 4 is 33.4 Å². The largest absolute Gasteiger partial charge is 0.355 e. The van der Waals surface area contributed by atoms with E-state index in [1.54, 1.807) is 0 Å². The van der Waals surface area contributed by atoms with E-state index in [0.29, 0.717) is 11.4 Å². The molecule has 0 aliphatic carbocycles. The van der Waals surface area contributed by atoms with Crippen LogP contribution in [0.2, 0.25) is 0 Å². The molecular weight excluding hydrogens is 410 g/mol. The maximum Gasteiger partial charge on any atom is 0.261 e. The van der Waals surface area contributed by atoms with Crippen molar-refractivity contribution in [2.75, 3.05) is 26.2 Å². The number of amides is 2. The van der Waals surface area contributed by atoms with Gasteiger partial charge < -0.3 is 10.6 Å². The van der Waals surface area contributed by atoms with Crippen LogP contribution in [-0.2, 0) is 4.79 Å². The van der Waals surface area contributed by atoms with Gasteiger partial charge in [-0.1, -0.05) is 25.1 Å². The van der Waals surface area contributed by atoms with Gasteiger partial charge in [-0.05, 0) is 44.4 Å². The highest BCUT2D eigenvalue weighted by Gasteiger charge is 2.24. The summed E-state index contributed by atoms with van der Waals surface area (Å²) in [5.41, 5.74) is 1.91. The van der Waals surface area contributed by atoms with Crippen molar-refractivity contribution in [3.63, 3.8) is 0 Å². The zero-order valence-electron chi connectivity index (χ0n) is 18.1. The number of benzene rings is 1. The lowest BCUT2D eigenvalue weighted by atomic mass is 10.0. The van der Waals surface area contributed by atoms with Crippen molar-refractivity contribution in [3.8, 4) is 5.69 Å². The Labute approximate surface area is 186 Å². The Balaban J connectivity index is 1.37. The zero-order chi connectivity index (χ0) is 21.8. The van der Waals surface area contributed by atoms with E-state index in [4.69, 9.17) is 0 Å². The normalized spacial score (nSPS) is 15.3. The molecule has 0 atom stereocenters.